The topological polar surface area (TPSA) is 198 Å². The minimum atomic E-state index is -0.510. The van der Waals surface area contributed by atoms with E-state index >= 15 is 0 Å². The molecule has 2 rings (SSSR count). The van der Waals surface area contributed by atoms with Crippen LogP contribution in [-0.4, -0.2) is 181 Å². The van der Waals surface area contributed by atoms with E-state index in [-0.39, 0.29) is 108 Å². The molecule has 0 radical (unpaired) electrons. The van der Waals surface area contributed by atoms with Crippen molar-refractivity contribution in [3.63, 3.8) is 0 Å². The number of methoxy groups -OCH3 is 1. The summed E-state index contributed by atoms with van der Waals surface area (Å²) in [5.41, 5.74) is 0.218. The molecule has 2 heterocycles. The van der Waals surface area contributed by atoms with Gasteiger partial charge in [0.2, 0.25) is 35.4 Å². The molecule has 0 spiro atoms. The number of thioether (sulfide) groups is 2. The Bertz CT molecular complexity index is 1940. The van der Waals surface area contributed by atoms with E-state index in [1.807, 2.05) is 55.4 Å². The van der Waals surface area contributed by atoms with Crippen LogP contribution < -0.4 is 10.6 Å². The number of ether oxygens (including phenoxy) is 7. The zero-order chi connectivity index (χ0) is 63.0. The maximum atomic E-state index is 13.2. The van der Waals surface area contributed by atoms with Crippen LogP contribution in [0.2, 0.25) is 0 Å². The van der Waals surface area contributed by atoms with E-state index in [1.54, 1.807) is 30.6 Å². The first-order valence-electron chi connectivity index (χ1n) is 31.4. The van der Waals surface area contributed by atoms with Gasteiger partial charge >= 0.3 is 0 Å². The monoisotopic (exact) mass is 1300 g/mol. The molecular formula is C61H116N4O13P4S2. The second-order valence-electron chi connectivity index (χ2n) is 24.9. The maximum Gasteiger partial charge on any atom is 0.242 e. The smallest absolute Gasteiger partial charge is 0.242 e. The van der Waals surface area contributed by atoms with Gasteiger partial charge in [-0.15, -0.1) is 60.5 Å². The Morgan fingerprint density at radius 2 is 0.952 bits per heavy atom. The molecule has 2 N–H and O–H groups in total. The highest BCUT2D eigenvalue weighted by molar-refractivity contribution is 8.00. The second-order valence-corrected chi connectivity index (χ2v) is 32.2. The minimum absolute atomic E-state index is 0.0171. The Morgan fingerprint density at radius 1 is 0.560 bits per heavy atom. The van der Waals surface area contributed by atoms with Crippen molar-refractivity contribution in [2.45, 2.75) is 230 Å². The summed E-state index contributed by atoms with van der Waals surface area (Å²) in [6, 6.07) is 0. The standard InChI is InChI=1S/C61H116N4O13P4S2/c1-13-75-58(8,79)40-47(60(10,81)76-14-2)43-73-34-24-30-62-51(66)28-32-64-53(68)38-49(55(64)70)83-36-22-18-16-20-26-46(57(5,6)7)27-21-17-19-23-37-84-50-39-54(69)65(56(50)71)33-29-52(67)63-31-25-35-74-44-48(61(11,82)77-15-3)41-59(9,80)78-42-45(4)72-12/h45-50H,13-44,79-82H2,1-12H3,(H,62,66)(H,63,67). The van der Waals surface area contributed by atoms with Crippen molar-refractivity contribution in [3.8, 4) is 0 Å². The molecule has 0 aromatic carbocycles. The summed E-state index contributed by atoms with van der Waals surface area (Å²) >= 11 is 3.14. The Balaban J connectivity index is 1.58. The average molecular weight is 1300 g/mol. The predicted octanol–water partition coefficient (Wildman–Crippen LogP) is 10.6. The Morgan fingerprint density at radius 3 is 1.33 bits per heavy atom. The van der Waals surface area contributed by atoms with Crippen LogP contribution in [0, 0.1) is 23.2 Å². The third kappa shape index (κ3) is 32.4. The van der Waals surface area contributed by atoms with E-state index in [4.69, 9.17) is 33.2 Å². The van der Waals surface area contributed by atoms with E-state index in [1.165, 1.54) is 22.6 Å². The number of likely N-dealkylation sites (tertiary alicyclic amines) is 2. The number of nitrogens with one attached hydrogen (secondary N) is 2. The van der Waals surface area contributed by atoms with Gasteiger partial charge in [0.15, 0.2) is 0 Å². The number of unbranched alkanes of at least 4 members (excludes halogenated alkanes) is 6. The lowest BCUT2D eigenvalue weighted by molar-refractivity contribution is -0.140. The fourth-order valence-corrected chi connectivity index (χ4v) is 14.5. The summed E-state index contributed by atoms with van der Waals surface area (Å²) in [5, 5.41) is 3.19. The molecule has 0 aromatic heterocycles. The molecule has 0 saturated carbocycles. The van der Waals surface area contributed by atoms with Gasteiger partial charge in [0.05, 0.1) is 57.8 Å². The molecule has 17 nitrogen and oxygen atoms in total. The maximum absolute atomic E-state index is 13.2. The minimum Gasteiger partial charge on any atom is -0.381 e. The lowest BCUT2D eigenvalue weighted by Crippen LogP contribution is -2.40. The first-order valence-corrected chi connectivity index (χ1v) is 35.8. The zero-order valence-corrected chi connectivity index (χ0v) is 60.2. The highest BCUT2D eigenvalue weighted by Crippen LogP contribution is 2.41. The quantitative estimate of drug-likeness (QED) is 0.0331. The molecule has 2 aliphatic heterocycles. The van der Waals surface area contributed by atoms with Crippen molar-refractivity contribution < 1.29 is 61.9 Å². The predicted molar refractivity (Wildman–Crippen MR) is 356 cm³/mol. The number of imide groups is 2. The molecule has 84 heavy (non-hydrogen) atoms. The number of nitrogens with zero attached hydrogens (tertiary/aromatic N) is 2. The van der Waals surface area contributed by atoms with Crippen molar-refractivity contribution in [1.82, 2.24) is 20.4 Å². The molecule has 2 aliphatic rings. The highest BCUT2D eigenvalue weighted by atomic mass is 32.2. The zero-order valence-electron chi connectivity index (χ0n) is 53.9. The highest BCUT2D eigenvalue weighted by Gasteiger charge is 2.41. The molecule has 0 aliphatic carbocycles. The van der Waals surface area contributed by atoms with Crippen molar-refractivity contribution in [1.29, 1.82) is 0 Å². The van der Waals surface area contributed by atoms with Crippen LogP contribution in [0.1, 0.15) is 192 Å². The number of hydrogen-bond donors (Lipinski definition) is 2. The van der Waals surface area contributed by atoms with Crippen LogP contribution in [0.3, 0.4) is 0 Å². The van der Waals surface area contributed by atoms with Gasteiger partial charge < -0.3 is 43.8 Å². The molecule has 14 unspecified atom stereocenters. The van der Waals surface area contributed by atoms with Crippen molar-refractivity contribution in [2.24, 2.45) is 23.2 Å². The average Bonchev–Trinajstić information content (AvgIpc) is 4.09. The number of amides is 6. The van der Waals surface area contributed by atoms with Gasteiger partial charge in [-0.1, -0.05) is 59.3 Å². The van der Waals surface area contributed by atoms with E-state index < -0.39 is 21.4 Å². The SMILES string of the molecule is CCOC(C)(P)CC(COCCCNC(=O)CCN1C(=O)CC(SCCCCCCC(CCCCCCSC2CC(=O)N(CCC(=O)NCCCOCC(CC(C)(P)OCC(C)OC)C(C)(P)OCC)C2=O)C(C)(C)C)C1=O)C(C)(P)OCC. The Labute approximate surface area is 526 Å². The third-order valence-corrected chi connectivity index (χ3v) is 20.5. The Kier molecular flexibility index (Phi) is 39.4. The van der Waals surface area contributed by atoms with Crippen molar-refractivity contribution >= 4 is 95.9 Å². The van der Waals surface area contributed by atoms with Crippen LogP contribution in [0.25, 0.3) is 0 Å². The number of carbonyl (C=O) groups excluding carboxylic acids is 6. The number of rotatable bonds is 50. The summed E-state index contributed by atoms with van der Waals surface area (Å²) in [7, 11) is 12.9. The van der Waals surface area contributed by atoms with Crippen molar-refractivity contribution in [2.75, 3.05) is 97.6 Å². The Hall–Kier alpha value is -0.640. The van der Waals surface area contributed by atoms with Crippen LogP contribution >= 0.6 is 60.5 Å². The fourth-order valence-electron chi connectivity index (χ4n) is 10.6. The van der Waals surface area contributed by atoms with Gasteiger partial charge in [-0.2, -0.15) is 0 Å². The summed E-state index contributed by atoms with van der Waals surface area (Å²) in [4.78, 5) is 79.9. The molecule has 2 saturated heterocycles. The van der Waals surface area contributed by atoms with Crippen LogP contribution in [0.15, 0.2) is 0 Å². The molecule has 490 valence electrons. The van der Waals surface area contributed by atoms with Gasteiger partial charge in [-0.25, -0.2) is 0 Å². The third-order valence-electron chi connectivity index (χ3n) is 15.9. The fraction of sp³-hybridized carbons (Fsp3) is 0.902. The largest absolute Gasteiger partial charge is 0.381 e. The number of carbonyl (C=O) groups is 6. The lowest BCUT2D eigenvalue weighted by atomic mass is 9.75. The molecule has 2 fully saturated rings. The van der Waals surface area contributed by atoms with Gasteiger partial charge in [0.1, 0.15) is 0 Å². The van der Waals surface area contributed by atoms with E-state index in [0.717, 1.165) is 69.3 Å². The molecule has 6 amide bonds. The van der Waals surface area contributed by atoms with E-state index in [9.17, 15) is 28.8 Å². The van der Waals surface area contributed by atoms with Gasteiger partial charge in [0.25, 0.3) is 0 Å². The molecule has 14 atom stereocenters. The normalized spacial score (nSPS) is 20.3. The number of hydrogen-bond acceptors (Lipinski definition) is 15. The first-order chi connectivity index (χ1) is 39.5. The van der Waals surface area contributed by atoms with E-state index in [2.05, 4.69) is 68.4 Å². The molecular weight excluding hydrogens is 1180 g/mol. The summed E-state index contributed by atoms with van der Waals surface area (Å²) in [6.45, 7) is 28.3. The summed E-state index contributed by atoms with van der Waals surface area (Å²) in [5.74, 6) is 1.22. The molecule has 0 bridgehead atoms. The van der Waals surface area contributed by atoms with Crippen molar-refractivity contribution in [3.05, 3.63) is 0 Å². The molecule has 0 aromatic rings. The van der Waals surface area contributed by atoms with Gasteiger partial charge in [0, 0.05) is 104 Å². The van der Waals surface area contributed by atoms with Gasteiger partial charge in [-0.3, -0.25) is 38.6 Å². The van der Waals surface area contributed by atoms with E-state index in [0.29, 0.717) is 91.1 Å². The first kappa shape index (κ1) is 79.5. The summed E-state index contributed by atoms with van der Waals surface area (Å²) < 4.78 is 41.6. The van der Waals surface area contributed by atoms with Gasteiger partial charge in [-0.05, 0) is 130 Å². The van der Waals surface area contributed by atoms with Crippen LogP contribution in [0.5, 0.6) is 0 Å². The van der Waals surface area contributed by atoms with Crippen LogP contribution in [0.4, 0.5) is 0 Å². The molecule has 23 heteroatoms. The lowest BCUT2D eigenvalue weighted by Gasteiger charge is -2.39. The van der Waals surface area contributed by atoms with Crippen LogP contribution in [-0.2, 0) is 61.9 Å². The second kappa shape index (κ2) is 41.7. The summed E-state index contributed by atoms with van der Waals surface area (Å²) in [6.07, 6.45) is 14.3.